The van der Waals surface area contributed by atoms with Crippen LogP contribution in [0, 0.1) is 5.82 Å². The average molecular weight is 396 g/mol. The number of amides is 2. The zero-order chi connectivity index (χ0) is 19.7. The summed E-state index contributed by atoms with van der Waals surface area (Å²) in [4.78, 5) is 30.8. The lowest BCUT2D eigenvalue weighted by molar-refractivity contribution is 0.0987. The maximum atomic E-state index is 13.9. The van der Waals surface area contributed by atoms with Crippen LogP contribution in [0.25, 0.3) is 0 Å². The minimum absolute atomic E-state index is 0.0481. The Hall–Kier alpha value is -3.25. The highest BCUT2D eigenvalue weighted by Gasteiger charge is 2.26. The summed E-state index contributed by atoms with van der Waals surface area (Å²) < 4.78 is 13.9. The van der Waals surface area contributed by atoms with Gasteiger partial charge >= 0.3 is 0 Å². The van der Waals surface area contributed by atoms with Crippen LogP contribution < -0.4 is 10.2 Å². The third kappa shape index (κ3) is 3.34. The third-order valence-electron chi connectivity index (χ3n) is 4.58. The van der Waals surface area contributed by atoms with Crippen molar-refractivity contribution in [3.8, 4) is 0 Å². The molecule has 0 saturated heterocycles. The average Bonchev–Trinajstić information content (AvgIpc) is 3.11. The second-order valence-electron chi connectivity index (χ2n) is 6.34. The molecule has 7 heteroatoms. The number of aromatic nitrogens is 1. The van der Waals surface area contributed by atoms with Crippen molar-refractivity contribution >= 4 is 34.8 Å². The molecule has 0 unspecified atom stereocenters. The van der Waals surface area contributed by atoms with E-state index >= 15 is 0 Å². The molecule has 0 saturated carbocycles. The van der Waals surface area contributed by atoms with Gasteiger partial charge in [-0.1, -0.05) is 17.7 Å². The van der Waals surface area contributed by atoms with Gasteiger partial charge in [-0.3, -0.25) is 14.6 Å². The first-order valence-corrected chi connectivity index (χ1v) is 9.02. The number of carbonyl (C=O) groups excluding carboxylic acids is 2. The van der Waals surface area contributed by atoms with Crippen LogP contribution in [0.15, 0.2) is 60.9 Å². The molecule has 1 aliphatic heterocycles. The summed E-state index contributed by atoms with van der Waals surface area (Å²) in [5.74, 6) is -1.43. The highest BCUT2D eigenvalue weighted by atomic mass is 35.5. The minimum Gasteiger partial charge on any atom is -0.322 e. The standard InChI is InChI=1S/C21H15ClFN3O2/c22-16-4-1-5-17(23)19(16)20(27)25-15-6-7-18-13(11-15)8-10-26(18)21(28)14-3-2-9-24-12-14/h1-7,9,11-12H,8,10H2,(H,25,27). The second-order valence-corrected chi connectivity index (χ2v) is 6.75. The number of fused-ring (bicyclic) bond motifs is 1. The van der Waals surface area contributed by atoms with E-state index in [0.717, 1.165) is 11.3 Å². The number of rotatable bonds is 3. The van der Waals surface area contributed by atoms with Crippen molar-refractivity contribution in [3.05, 3.63) is 88.5 Å². The van der Waals surface area contributed by atoms with E-state index in [4.69, 9.17) is 11.6 Å². The molecule has 0 bridgehead atoms. The van der Waals surface area contributed by atoms with E-state index < -0.39 is 11.7 Å². The number of pyridine rings is 1. The van der Waals surface area contributed by atoms with Gasteiger partial charge in [-0.25, -0.2) is 4.39 Å². The molecule has 1 aromatic heterocycles. The maximum absolute atomic E-state index is 13.9. The highest BCUT2D eigenvalue weighted by Crippen LogP contribution is 2.32. The summed E-state index contributed by atoms with van der Waals surface area (Å²) in [6.07, 6.45) is 3.81. The van der Waals surface area contributed by atoms with Gasteiger partial charge in [0, 0.05) is 30.3 Å². The van der Waals surface area contributed by atoms with Gasteiger partial charge in [0.1, 0.15) is 5.82 Å². The van der Waals surface area contributed by atoms with Crippen LogP contribution in [0.3, 0.4) is 0 Å². The first-order chi connectivity index (χ1) is 13.5. The molecule has 5 nitrogen and oxygen atoms in total. The van der Waals surface area contributed by atoms with Gasteiger partial charge in [0.25, 0.3) is 11.8 Å². The Bertz CT molecular complexity index is 1050. The van der Waals surface area contributed by atoms with Crippen LogP contribution in [0.1, 0.15) is 26.3 Å². The molecule has 2 aromatic carbocycles. The van der Waals surface area contributed by atoms with Crippen molar-refractivity contribution in [1.82, 2.24) is 4.98 Å². The number of anilines is 2. The lowest BCUT2D eigenvalue weighted by atomic mass is 10.1. The van der Waals surface area contributed by atoms with Crippen LogP contribution in [0.2, 0.25) is 5.02 Å². The first kappa shape index (κ1) is 18.1. The van der Waals surface area contributed by atoms with Crippen molar-refractivity contribution in [2.75, 3.05) is 16.8 Å². The Labute approximate surface area is 165 Å². The molecule has 4 rings (SSSR count). The Morgan fingerprint density at radius 2 is 2.00 bits per heavy atom. The number of benzene rings is 2. The van der Waals surface area contributed by atoms with Crippen molar-refractivity contribution in [3.63, 3.8) is 0 Å². The second kappa shape index (κ2) is 7.40. The van der Waals surface area contributed by atoms with E-state index in [2.05, 4.69) is 10.3 Å². The summed E-state index contributed by atoms with van der Waals surface area (Å²) in [6.45, 7) is 0.541. The van der Waals surface area contributed by atoms with E-state index in [9.17, 15) is 14.0 Å². The minimum atomic E-state index is -0.681. The van der Waals surface area contributed by atoms with Crippen LogP contribution in [-0.2, 0) is 6.42 Å². The monoisotopic (exact) mass is 395 g/mol. The van der Waals surface area contributed by atoms with E-state index in [-0.39, 0.29) is 16.5 Å². The van der Waals surface area contributed by atoms with Crippen molar-refractivity contribution < 1.29 is 14.0 Å². The van der Waals surface area contributed by atoms with Gasteiger partial charge in [-0.2, -0.15) is 0 Å². The van der Waals surface area contributed by atoms with Gasteiger partial charge in [0.2, 0.25) is 0 Å². The fourth-order valence-electron chi connectivity index (χ4n) is 3.24. The van der Waals surface area contributed by atoms with Crippen LogP contribution in [0.4, 0.5) is 15.8 Å². The number of nitrogens with one attached hydrogen (secondary N) is 1. The van der Waals surface area contributed by atoms with Crippen molar-refractivity contribution in [2.24, 2.45) is 0 Å². The number of carbonyl (C=O) groups is 2. The summed E-state index contributed by atoms with van der Waals surface area (Å²) >= 11 is 5.95. The van der Waals surface area contributed by atoms with Crippen LogP contribution in [0.5, 0.6) is 0 Å². The Balaban J connectivity index is 1.56. The lowest BCUT2D eigenvalue weighted by Gasteiger charge is -2.17. The largest absolute Gasteiger partial charge is 0.322 e. The summed E-state index contributed by atoms with van der Waals surface area (Å²) in [5, 5.41) is 2.72. The Morgan fingerprint density at radius 1 is 1.14 bits per heavy atom. The molecule has 1 aliphatic rings. The van der Waals surface area contributed by atoms with Gasteiger partial charge in [0.15, 0.2) is 0 Å². The quantitative estimate of drug-likeness (QED) is 0.718. The SMILES string of the molecule is O=C(Nc1ccc2c(c1)CCN2C(=O)c1cccnc1)c1c(F)cccc1Cl. The maximum Gasteiger partial charge on any atom is 0.260 e. The fourth-order valence-corrected chi connectivity index (χ4v) is 3.49. The predicted molar refractivity (Wildman–Crippen MR) is 105 cm³/mol. The molecule has 0 aliphatic carbocycles. The molecular formula is C21H15ClFN3O2. The summed E-state index contributed by atoms with van der Waals surface area (Å²) in [7, 11) is 0. The van der Waals surface area contributed by atoms with Crippen LogP contribution in [-0.4, -0.2) is 23.3 Å². The predicted octanol–water partition coefficient (Wildman–Crippen LogP) is 4.33. The summed E-state index contributed by atoms with van der Waals surface area (Å²) in [5.41, 5.74) is 2.55. The third-order valence-corrected chi connectivity index (χ3v) is 4.89. The summed E-state index contributed by atoms with van der Waals surface area (Å²) in [6, 6.07) is 12.8. The van der Waals surface area contributed by atoms with Gasteiger partial charge < -0.3 is 10.2 Å². The van der Waals surface area contributed by atoms with E-state index in [0.29, 0.717) is 24.2 Å². The highest BCUT2D eigenvalue weighted by molar-refractivity contribution is 6.34. The Kier molecular flexibility index (Phi) is 4.79. The van der Waals surface area contributed by atoms with Gasteiger partial charge in [-0.05, 0) is 54.4 Å². The number of hydrogen-bond acceptors (Lipinski definition) is 3. The molecular weight excluding hydrogens is 381 g/mol. The zero-order valence-corrected chi connectivity index (χ0v) is 15.4. The molecule has 28 heavy (non-hydrogen) atoms. The van der Waals surface area contributed by atoms with Crippen molar-refractivity contribution in [2.45, 2.75) is 6.42 Å². The first-order valence-electron chi connectivity index (χ1n) is 8.65. The molecule has 2 amide bonds. The van der Waals surface area contributed by atoms with Gasteiger partial charge in [-0.15, -0.1) is 0 Å². The van der Waals surface area contributed by atoms with E-state index in [1.54, 1.807) is 41.4 Å². The fraction of sp³-hybridized carbons (Fsp3) is 0.0952. The van der Waals surface area contributed by atoms with Gasteiger partial charge in [0.05, 0.1) is 16.1 Å². The number of nitrogens with zero attached hydrogens (tertiary/aromatic N) is 2. The van der Waals surface area contributed by atoms with E-state index in [1.807, 2.05) is 0 Å². The zero-order valence-electron chi connectivity index (χ0n) is 14.7. The van der Waals surface area contributed by atoms with E-state index in [1.165, 1.54) is 24.4 Å². The normalized spacial score (nSPS) is 12.6. The van der Waals surface area contributed by atoms with Crippen LogP contribution >= 0.6 is 11.6 Å². The molecule has 140 valence electrons. The Morgan fingerprint density at radius 3 is 2.75 bits per heavy atom. The van der Waals surface area contributed by atoms with Crippen molar-refractivity contribution in [1.29, 1.82) is 0 Å². The molecule has 1 N–H and O–H groups in total. The topological polar surface area (TPSA) is 62.3 Å². The number of halogens is 2. The smallest absolute Gasteiger partial charge is 0.260 e. The number of hydrogen-bond donors (Lipinski definition) is 1. The molecule has 0 radical (unpaired) electrons. The lowest BCUT2D eigenvalue weighted by Crippen LogP contribution is -2.28. The molecule has 0 fully saturated rings. The molecule has 3 aromatic rings. The molecule has 0 atom stereocenters. The molecule has 0 spiro atoms. The molecule has 2 heterocycles.